The quantitative estimate of drug-likeness (QED) is 0.167. The molecule has 69 heavy (non-hydrogen) atoms. The summed E-state index contributed by atoms with van der Waals surface area (Å²) in [5.41, 5.74) is 17.1. The molecule has 0 bridgehead atoms. The van der Waals surface area contributed by atoms with Crippen LogP contribution in [0.5, 0.6) is 0 Å². The van der Waals surface area contributed by atoms with Crippen molar-refractivity contribution in [2.45, 2.75) is 10.8 Å². The molecule has 1 unspecified atom stereocenters. The molecule has 2 aliphatic rings. The van der Waals surface area contributed by atoms with Gasteiger partial charge < -0.3 is 4.57 Å². The number of fused-ring (bicyclic) bond motifs is 12. The summed E-state index contributed by atoms with van der Waals surface area (Å²) in [6, 6.07) is 92.8. The Morgan fingerprint density at radius 2 is 0.754 bits per heavy atom. The number of nitrogens with zero attached hydrogens (tertiary/aromatic N) is 4. The Morgan fingerprint density at radius 3 is 1.38 bits per heavy atom. The van der Waals surface area contributed by atoms with Crippen LogP contribution < -0.4 is 0 Å². The minimum atomic E-state index is -0.759. The van der Waals surface area contributed by atoms with Crippen molar-refractivity contribution in [3.63, 3.8) is 0 Å². The summed E-state index contributed by atoms with van der Waals surface area (Å²) >= 11 is 0. The van der Waals surface area contributed by atoms with E-state index in [1.165, 1.54) is 77.4 Å². The van der Waals surface area contributed by atoms with Gasteiger partial charge in [-0.2, -0.15) is 0 Å². The number of rotatable bonds is 6. The van der Waals surface area contributed by atoms with Crippen molar-refractivity contribution in [2.75, 3.05) is 0 Å². The topological polar surface area (TPSA) is 43.6 Å². The van der Waals surface area contributed by atoms with E-state index in [1.807, 2.05) is 36.4 Å². The first-order valence-electron chi connectivity index (χ1n) is 23.7. The van der Waals surface area contributed by atoms with Crippen LogP contribution in [-0.2, 0) is 10.8 Å². The first-order valence-corrected chi connectivity index (χ1v) is 23.7. The van der Waals surface area contributed by atoms with Gasteiger partial charge >= 0.3 is 0 Å². The SMILES string of the molecule is c1ccc(-c2nc(-c3ccccc3)nc(-c3ccc4c(c3)C3(c5ccccc5-c5cc6c7ccccc7n(-c7ccccc7)c6cc53)c3ccccc3C4(c3ccccc3)c3ccccc3)n2)cc1. The van der Waals surface area contributed by atoms with Gasteiger partial charge in [-0.1, -0.05) is 218 Å². The summed E-state index contributed by atoms with van der Waals surface area (Å²) in [4.78, 5) is 15.8. The third-order valence-corrected chi connectivity index (χ3v) is 14.8. The maximum Gasteiger partial charge on any atom is 0.164 e. The van der Waals surface area contributed by atoms with Gasteiger partial charge in [0, 0.05) is 33.2 Å². The van der Waals surface area contributed by atoms with Crippen LogP contribution in [0, 0.1) is 0 Å². The van der Waals surface area contributed by atoms with E-state index in [0.717, 1.165) is 22.4 Å². The van der Waals surface area contributed by atoms with Crippen molar-refractivity contribution < 1.29 is 0 Å². The lowest BCUT2D eigenvalue weighted by Gasteiger charge is -2.50. The van der Waals surface area contributed by atoms with E-state index >= 15 is 0 Å². The van der Waals surface area contributed by atoms with Gasteiger partial charge in [0.05, 0.1) is 21.9 Å². The third-order valence-electron chi connectivity index (χ3n) is 14.8. The first kappa shape index (κ1) is 39.2. The third kappa shape index (κ3) is 5.60. The standard InChI is InChI=1S/C65H42N4/c1-6-22-43(23-7-1)61-66-62(44-24-8-2-9-25-44)68-63(67-61)45-38-39-56-58(40-45)65(55-36-20-19-35-54(55)64(56,46-26-10-3-11-27-46)47-28-12-4-13-29-47)53-34-18-16-32-49(53)51-41-52-50-33-17-21-37-59(50)69(60(52)42-57(51)65)48-30-14-5-15-31-48/h1-42H. The second-order valence-electron chi connectivity index (χ2n) is 18.2. The first-order chi connectivity index (χ1) is 34.2. The molecule has 322 valence electrons. The molecular weight excluding hydrogens is 837 g/mol. The van der Waals surface area contributed by atoms with Gasteiger partial charge in [0.2, 0.25) is 0 Å². The van der Waals surface area contributed by atoms with E-state index in [9.17, 15) is 0 Å². The molecule has 4 heteroatoms. The smallest absolute Gasteiger partial charge is 0.164 e. The Kier molecular flexibility index (Phi) is 8.68. The minimum Gasteiger partial charge on any atom is -0.309 e. The van der Waals surface area contributed by atoms with E-state index in [0.29, 0.717) is 17.5 Å². The molecule has 0 aliphatic heterocycles. The van der Waals surface area contributed by atoms with Crippen molar-refractivity contribution >= 4 is 21.8 Å². The summed E-state index contributed by atoms with van der Waals surface area (Å²) in [5, 5.41) is 2.46. The average Bonchev–Trinajstić information content (AvgIpc) is 3.91. The van der Waals surface area contributed by atoms with Crippen LogP contribution in [-0.4, -0.2) is 19.5 Å². The summed E-state index contributed by atoms with van der Waals surface area (Å²) in [6.45, 7) is 0. The van der Waals surface area contributed by atoms with E-state index in [-0.39, 0.29) is 0 Å². The highest BCUT2D eigenvalue weighted by atomic mass is 15.0. The Morgan fingerprint density at radius 1 is 0.275 bits per heavy atom. The van der Waals surface area contributed by atoms with Crippen LogP contribution in [0.3, 0.4) is 0 Å². The van der Waals surface area contributed by atoms with Crippen molar-refractivity contribution in [1.82, 2.24) is 19.5 Å². The van der Waals surface area contributed by atoms with Gasteiger partial charge in [0.15, 0.2) is 17.5 Å². The maximum atomic E-state index is 5.33. The van der Waals surface area contributed by atoms with Crippen LogP contribution in [0.15, 0.2) is 255 Å². The van der Waals surface area contributed by atoms with Crippen LogP contribution in [0.4, 0.5) is 0 Å². The van der Waals surface area contributed by atoms with Gasteiger partial charge in [-0.25, -0.2) is 15.0 Å². The maximum absolute atomic E-state index is 5.33. The molecule has 0 amide bonds. The van der Waals surface area contributed by atoms with E-state index in [1.54, 1.807) is 0 Å². The predicted molar refractivity (Wildman–Crippen MR) is 280 cm³/mol. The fourth-order valence-electron chi connectivity index (χ4n) is 12.0. The second-order valence-corrected chi connectivity index (χ2v) is 18.2. The number of hydrogen-bond donors (Lipinski definition) is 0. The minimum absolute atomic E-state index is 0.621. The number of benzene rings is 10. The van der Waals surface area contributed by atoms with Gasteiger partial charge in [-0.05, 0) is 92.0 Å². The zero-order valence-electron chi connectivity index (χ0n) is 37.5. The molecular formula is C65H42N4. The molecule has 0 radical (unpaired) electrons. The predicted octanol–water partition coefficient (Wildman–Crippen LogP) is 15.0. The molecule has 4 nitrogen and oxygen atoms in total. The van der Waals surface area contributed by atoms with Crippen LogP contribution >= 0.6 is 0 Å². The molecule has 2 aromatic heterocycles. The molecule has 1 spiro atoms. The fraction of sp³-hybridized carbons (Fsp3) is 0.0308. The highest BCUT2D eigenvalue weighted by molar-refractivity contribution is 6.12. The molecule has 1 atom stereocenters. The van der Waals surface area contributed by atoms with E-state index < -0.39 is 10.8 Å². The highest BCUT2D eigenvalue weighted by Gasteiger charge is 2.57. The normalized spacial score (nSPS) is 15.1. The molecule has 0 saturated carbocycles. The summed E-state index contributed by atoms with van der Waals surface area (Å²) < 4.78 is 2.45. The number of hydrogen-bond acceptors (Lipinski definition) is 3. The van der Waals surface area contributed by atoms with Gasteiger partial charge in [0.25, 0.3) is 0 Å². The molecule has 2 aliphatic carbocycles. The Hall–Kier alpha value is -8.99. The van der Waals surface area contributed by atoms with Crippen LogP contribution in [0.2, 0.25) is 0 Å². The van der Waals surface area contributed by atoms with E-state index in [4.69, 9.17) is 15.0 Å². The van der Waals surface area contributed by atoms with E-state index in [2.05, 4.69) is 223 Å². The van der Waals surface area contributed by atoms with Gasteiger partial charge in [-0.15, -0.1) is 0 Å². The fourth-order valence-corrected chi connectivity index (χ4v) is 12.0. The lowest BCUT2D eigenvalue weighted by molar-refractivity contribution is 0.624. The van der Waals surface area contributed by atoms with Crippen molar-refractivity contribution in [3.05, 3.63) is 299 Å². The number of aromatic nitrogens is 4. The molecule has 0 fully saturated rings. The van der Waals surface area contributed by atoms with Crippen molar-refractivity contribution in [1.29, 1.82) is 0 Å². The molecule has 0 saturated heterocycles. The molecule has 10 aromatic carbocycles. The van der Waals surface area contributed by atoms with Crippen molar-refractivity contribution in [2.24, 2.45) is 0 Å². The van der Waals surface area contributed by atoms with Crippen LogP contribution in [0.1, 0.15) is 44.5 Å². The summed E-state index contributed by atoms with van der Waals surface area (Å²) in [7, 11) is 0. The molecule has 12 aromatic rings. The lowest BCUT2D eigenvalue weighted by Crippen LogP contribution is -2.44. The summed E-state index contributed by atoms with van der Waals surface area (Å²) in [5.74, 6) is 1.89. The molecule has 0 N–H and O–H groups in total. The van der Waals surface area contributed by atoms with Gasteiger partial charge in [-0.3, -0.25) is 0 Å². The Balaban J connectivity index is 1.15. The zero-order chi connectivity index (χ0) is 45.5. The summed E-state index contributed by atoms with van der Waals surface area (Å²) in [6.07, 6.45) is 0. The van der Waals surface area contributed by atoms with Gasteiger partial charge in [0.1, 0.15) is 0 Å². The average molecular weight is 879 g/mol. The Bertz CT molecular complexity index is 3840. The Labute approximate surface area is 400 Å². The molecule has 2 heterocycles. The van der Waals surface area contributed by atoms with Crippen molar-refractivity contribution in [3.8, 4) is 51.0 Å². The highest BCUT2D eigenvalue weighted by Crippen LogP contribution is 2.65. The monoisotopic (exact) mass is 878 g/mol. The zero-order valence-corrected chi connectivity index (χ0v) is 37.5. The number of para-hydroxylation sites is 2. The van der Waals surface area contributed by atoms with Crippen LogP contribution in [0.25, 0.3) is 72.8 Å². The molecule has 14 rings (SSSR count). The lowest BCUT2D eigenvalue weighted by atomic mass is 9.51. The largest absolute Gasteiger partial charge is 0.309 e. The second kappa shape index (κ2) is 15.3.